The van der Waals surface area contributed by atoms with Gasteiger partial charge in [0.15, 0.2) is 0 Å². The second kappa shape index (κ2) is 4.21. The van der Waals surface area contributed by atoms with E-state index < -0.39 is 0 Å². The maximum atomic E-state index is 13.1. The van der Waals surface area contributed by atoms with E-state index in [1.165, 1.54) is 27.7 Å². The lowest BCUT2D eigenvalue weighted by molar-refractivity contribution is 0.612. The Labute approximate surface area is 99.4 Å². The van der Waals surface area contributed by atoms with Crippen LogP contribution in [-0.4, -0.2) is 14.3 Å². The van der Waals surface area contributed by atoms with Gasteiger partial charge in [-0.2, -0.15) is 5.10 Å². The maximum absolute atomic E-state index is 13.1. The average molecular weight is 286 g/mol. The predicted octanol–water partition coefficient (Wildman–Crippen LogP) is 1.53. The molecule has 0 saturated heterocycles. The first kappa shape index (κ1) is 11.1. The third kappa shape index (κ3) is 2.21. The molecule has 0 aliphatic carbocycles. The van der Waals surface area contributed by atoms with E-state index in [1.807, 2.05) is 0 Å². The molecule has 0 saturated carbocycles. The Balaban J connectivity index is 2.34. The van der Waals surface area contributed by atoms with Gasteiger partial charge in [0.05, 0.1) is 6.54 Å². The van der Waals surface area contributed by atoms with Gasteiger partial charge in [0.1, 0.15) is 12.1 Å². The zero-order chi connectivity index (χ0) is 11.7. The molecule has 0 spiro atoms. The summed E-state index contributed by atoms with van der Waals surface area (Å²) in [7, 11) is 1.62. The summed E-state index contributed by atoms with van der Waals surface area (Å²) in [5.74, 6) is -0.339. The fraction of sp³-hybridized carbons (Fsp3) is 0.200. The summed E-state index contributed by atoms with van der Waals surface area (Å²) in [4.78, 5) is 11.5. The zero-order valence-electron chi connectivity index (χ0n) is 8.52. The highest BCUT2D eigenvalue weighted by Gasteiger charge is 2.04. The van der Waals surface area contributed by atoms with Crippen LogP contribution in [0.5, 0.6) is 0 Å². The minimum Gasteiger partial charge on any atom is -0.285 e. The predicted molar refractivity (Wildman–Crippen MR) is 60.7 cm³/mol. The first-order valence-corrected chi connectivity index (χ1v) is 5.39. The normalized spacial score (nSPS) is 10.7. The third-order valence-corrected chi connectivity index (χ3v) is 2.60. The lowest BCUT2D eigenvalue weighted by Crippen LogP contribution is -2.23. The first-order valence-electron chi connectivity index (χ1n) is 4.59. The molecule has 4 nitrogen and oxygen atoms in total. The van der Waals surface area contributed by atoms with E-state index in [1.54, 1.807) is 13.1 Å². The molecule has 1 aromatic carbocycles. The Kier molecular flexibility index (Phi) is 2.91. The minimum absolute atomic E-state index is 0.222. The Morgan fingerprint density at radius 1 is 1.44 bits per heavy atom. The summed E-state index contributed by atoms with van der Waals surface area (Å²) in [5, 5.41) is 3.90. The van der Waals surface area contributed by atoms with Gasteiger partial charge in [-0.1, -0.05) is 15.9 Å². The molecule has 2 aromatic rings. The minimum atomic E-state index is -0.339. The molecule has 0 radical (unpaired) electrons. The number of aryl methyl sites for hydroxylation is 1. The van der Waals surface area contributed by atoms with Gasteiger partial charge in [-0.3, -0.25) is 4.57 Å². The Morgan fingerprint density at radius 2 is 2.19 bits per heavy atom. The lowest BCUT2D eigenvalue weighted by atomic mass is 10.2. The highest BCUT2D eigenvalue weighted by Crippen LogP contribution is 2.15. The van der Waals surface area contributed by atoms with Crippen LogP contribution in [0.4, 0.5) is 4.39 Å². The van der Waals surface area contributed by atoms with E-state index in [0.717, 1.165) is 0 Å². The van der Waals surface area contributed by atoms with Crippen molar-refractivity contribution in [1.82, 2.24) is 14.3 Å². The summed E-state index contributed by atoms with van der Waals surface area (Å²) in [6, 6.07) is 4.50. The van der Waals surface area contributed by atoms with E-state index in [2.05, 4.69) is 21.0 Å². The van der Waals surface area contributed by atoms with Crippen molar-refractivity contribution >= 4 is 15.9 Å². The molecule has 2 rings (SSSR count). The highest BCUT2D eigenvalue weighted by atomic mass is 79.9. The Bertz CT molecular complexity index is 555. The van der Waals surface area contributed by atoms with Gasteiger partial charge in [-0.05, 0) is 23.8 Å². The summed E-state index contributed by atoms with van der Waals surface area (Å²) in [6.45, 7) is 0.260. The molecule has 0 bridgehead atoms. The van der Waals surface area contributed by atoms with Gasteiger partial charge in [0.2, 0.25) is 0 Å². The fourth-order valence-corrected chi connectivity index (χ4v) is 1.92. The van der Waals surface area contributed by atoms with E-state index in [-0.39, 0.29) is 18.1 Å². The van der Waals surface area contributed by atoms with Gasteiger partial charge < -0.3 is 0 Å². The van der Waals surface area contributed by atoms with Crippen LogP contribution >= 0.6 is 15.9 Å². The van der Waals surface area contributed by atoms with E-state index >= 15 is 0 Å². The van der Waals surface area contributed by atoms with Crippen LogP contribution in [0.2, 0.25) is 0 Å². The fourth-order valence-electron chi connectivity index (χ4n) is 1.40. The van der Waals surface area contributed by atoms with Crippen molar-refractivity contribution in [3.05, 3.63) is 50.9 Å². The van der Waals surface area contributed by atoms with Crippen molar-refractivity contribution in [2.75, 3.05) is 0 Å². The average Bonchev–Trinajstić information content (AvgIpc) is 2.48. The van der Waals surface area contributed by atoms with Crippen LogP contribution in [0, 0.1) is 5.82 Å². The topological polar surface area (TPSA) is 39.8 Å². The molecule has 0 amide bonds. The standard InChI is InChI=1S/C10H9BrFN3O/c1-14-6-13-15(10(14)16)5-7-2-8(11)4-9(12)3-7/h2-4,6H,5H2,1H3. The summed E-state index contributed by atoms with van der Waals surface area (Å²) >= 11 is 3.20. The molecular weight excluding hydrogens is 277 g/mol. The van der Waals surface area contributed by atoms with E-state index in [9.17, 15) is 9.18 Å². The number of benzene rings is 1. The van der Waals surface area contributed by atoms with Gasteiger partial charge >= 0.3 is 5.69 Å². The zero-order valence-corrected chi connectivity index (χ0v) is 10.1. The van der Waals surface area contributed by atoms with Crippen LogP contribution in [0.15, 0.2) is 33.8 Å². The van der Waals surface area contributed by atoms with Crippen LogP contribution in [0.25, 0.3) is 0 Å². The summed E-state index contributed by atoms with van der Waals surface area (Å²) in [5.41, 5.74) is 0.466. The lowest BCUT2D eigenvalue weighted by Gasteiger charge is -2.01. The number of halogens is 2. The number of hydrogen-bond acceptors (Lipinski definition) is 2. The van der Waals surface area contributed by atoms with Crippen molar-refractivity contribution in [3.8, 4) is 0 Å². The van der Waals surface area contributed by atoms with E-state index in [4.69, 9.17) is 0 Å². The molecule has 0 unspecified atom stereocenters. The number of rotatable bonds is 2. The molecule has 6 heteroatoms. The number of hydrogen-bond donors (Lipinski definition) is 0. The molecular formula is C10H9BrFN3O. The molecule has 0 fully saturated rings. The smallest absolute Gasteiger partial charge is 0.285 e. The molecule has 0 atom stereocenters. The molecule has 0 N–H and O–H groups in total. The SMILES string of the molecule is Cn1cnn(Cc2cc(F)cc(Br)c2)c1=O. The number of nitrogens with zero attached hydrogens (tertiary/aromatic N) is 3. The molecule has 1 aromatic heterocycles. The van der Waals surface area contributed by atoms with Gasteiger partial charge in [-0.25, -0.2) is 13.9 Å². The van der Waals surface area contributed by atoms with Crippen molar-refractivity contribution in [2.45, 2.75) is 6.54 Å². The van der Waals surface area contributed by atoms with Gasteiger partial charge in [0, 0.05) is 11.5 Å². The third-order valence-electron chi connectivity index (χ3n) is 2.14. The van der Waals surface area contributed by atoms with Crippen LogP contribution in [0.1, 0.15) is 5.56 Å². The summed E-state index contributed by atoms with van der Waals surface area (Å²) in [6.07, 6.45) is 1.43. The van der Waals surface area contributed by atoms with Gasteiger partial charge in [0.25, 0.3) is 0 Å². The Hall–Kier alpha value is -1.43. The Morgan fingerprint density at radius 3 is 2.75 bits per heavy atom. The van der Waals surface area contributed by atoms with Crippen molar-refractivity contribution < 1.29 is 4.39 Å². The molecule has 0 aliphatic heterocycles. The molecule has 84 valence electrons. The highest BCUT2D eigenvalue weighted by molar-refractivity contribution is 9.10. The van der Waals surface area contributed by atoms with Gasteiger partial charge in [-0.15, -0.1) is 0 Å². The number of aromatic nitrogens is 3. The molecule has 1 heterocycles. The van der Waals surface area contributed by atoms with Crippen molar-refractivity contribution in [1.29, 1.82) is 0 Å². The first-order chi connectivity index (χ1) is 7.56. The quantitative estimate of drug-likeness (QED) is 0.840. The van der Waals surface area contributed by atoms with Crippen LogP contribution in [-0.2, 0) is 13.6 Å². The monoisotopic (exact) mass is 285 g/mol. The largest absolute Gasteiger partial charge is 0.345 e. The van der Waals surface area contributed by atoms with Crippen molar-refractivity contribution in [2.24, 2.45) is 7.05 Å². The second-order valence-electron chi connectivity index (χ2n) is 3.46. The van der Waals surface area contributed by atoms with Crippen LogP contribution < -0.4 is 5.69 Å². The van der Waals surface area contributed by atoms with Crippen molar-refractivity contribution in [3.63, 3.8) is 0 Å². The molecule has 0 aliphatic rings. The van der Waals surface area contributed by atoms with Crippen LogP contribution in [0.3, 0.4) is 0 Å². The maximum Gasteiger partial charge on any atom is 0.345 e. The van der Waals surface area contributed by atoms with E-state index in [0.29, 0.717) is 10.0 Å². The molecule has 16 heavy (non-hydrogen) atoms. The second-order valence-corrected chi connectivity index (χ2v) is 4.38. The summed E-state index contributed by atoms with van der Waals surface area (Å²) < 4.78 is 16.4.